The van der Waals surface area contributed by atoms with Gasteiger partial charge in [0.05, 0.1) is 12.7 Å². The fraction of sp³-hybridized carbons (Fsp3) is 0.812. The van der Waals surface area contributed by atoms with Gasteiger partial charge in [0.15, 0.2) is 12.4 Å². The highest BCUT2D eigenvalue weighted by Gasteiger charge is 2.43. The molecule has 5 atom stereocenters. The molecular formula is C16H28O4. The van der Waals surface area contributed by atoms with Crippen molar-refractivity contribution in [3.8, 4) is 0 Å². The summed E-state index contributed by atoms with van der Waals surface area (Å²) in [4.78, 5) is 11.3. The van der Waals surface area contributed by atoms with Gasteiger partial charge in [0, 0.05) is 12.8 Å². The van der Waals surface area contributed by atoms with E-state index in [4.69, 9.17) is 14.2 Å². The Morgan fingerprint density at radius 1 is 1.35 bits per heavy atom. The van der Waals surface area contributed by atoms with Crippen molar-refractivity contribution in [1.82, 2.24) is 0 Å². The Balaban J connectivity index is 2.67. The Kier molecular flexibility index (Phi) is 7.24. The average Bonchev–Trinajstić information content (AvgIpc) is 2.41. The zero-order valence-corrected chi connectivity index (χ0v) is 13.1. The van der Waals surface area contributed by atoms with E-state index >= 15 is 0 Å². The van der Waals surface area contributed by atoms with E-state index in [1.807, 2.05) is 6.08 Å². The van der Waals surface area contributed by atoms with E-state index in [-0.39, 0.29) is 24.1 Å². The molecule has 0 saturated carbocycles. The summed E-state index contributed by atoms with van der Waals surface area (Å²) >= 11 is 0. The molecule has 1 aliphatic rings. The number of carbonyl (C=O) groups excluding carboxylic acids is 1. The van der Waals surface area contributed by atoms with Gasteiger partial charge in [-0.05, 0) is 25.2 Å². The Morgan fingerprint density at radius 2 is 2.05 bits per heavy atom. The van der Waals surface area contributed by atoms with E-state index in [1.54, 1.807) is 0 Å². The third-order valence-electron chi connectivity index (χ3n) is 4.05. The summed E-state index contributed by atoms with van der Waals surface area (Å²) in [5, 5.41) is 0. The highest BCUT2D eigenvalue weighted by molar-refractivity contribution is 5.66. The topological polar surface area (TPSA) is 44.8 Å². The van der Waals surface area contributed by atoms with Crippen molar-refractivity contribution in [1.29, 1.82) is 0 Å². The first-order chi connectivity index (χ1) is 9.51. The number of unbranched alkanes of at least 4 members (excludes halogenated alkanes) is 1. The van der Waals surface area contributed by atoms with Crippen molar-refractivity contribution in [2.75, 3.05) is 6.61 Å². The van der Waals surface area contributed by atoms with Crippen molar-refractivity contribution < 1.29 is 19.0 Å². The Morgan fingerprint density at radius 3 is 2.60 bits per heavy atom. The second-order valence-corrected chi connectivity index (χ2v) is 5.55. The fourth-order valence-electron chi connectivity index (χ4n) is 2.64. The Hall–Kier alpha value is -0.870. The number of esters is 1. The number of hydrogen-bond acceptors (Lipinski definition) is 4. The van der Waals surface area contributed by atoms with Crippen LogP contribution in [0.25, 0.3) is 0 Å². The van der Waals surface area contributed by atoms with E-state index in [0.29, 0.717) is 12.5 Å². The second-order valence-electron chi connectivity index (χ2n) is 5.55. The lowest BCUT2D eigenvalue weighted by Crippen LogP contribution is -2.51. The van der Waals surface area contributed by atoms with Crippen LogP contribution in [0.1, 0.15) is 47.0 Å². The molecule has 0 aromatic rings. The lowest BCUT2D eigenvalue weighted by atomic mass is 9.82. The van der Waals surface area contributed by atoms with E-state index in [1.165, 1.54) is 6.92 Å². The van der Waals surface area contributed by atoms with Crippen molar-refractivity contribution in [2.45, 2.75) is 65.5 Å². The van der Waals surface area contributed by atoms with Gasteiger partial charge in [0.2, 0.25) is 0 Å². The summed E-state index contributed by atoms with van der Waals surface area (Å²) in [6.45, 7) is 12.1. The molecule has 4 nitrogen and oxygen atoms in total. The molecule has 0 aromatic heterocycles. The van der Waals surface area contributed by atoms with Crippen LogP contribution in [0.2, 0.25) is 0 Å². The van der Waals surface area contributed by atoms with Gasteiger partial charge in [-0.3, -0.25) is 4.79 Å². The maximum Gasteiger partial charge on any atom is 0.303 e. The van der Waals surface area contributed by atoms with Crippen LogP contribution in [0.3, 0.4) is 0 Å². The zero-order valence-electron chi connectivity index (χ0n) is 13.1. The smallest absolute Gasteiger partial charge is 0.303 e. The largest absolute Gasteiger partial charge is 0.457 e. The molecule has 1 saturated heterocycles. The molecule has 116 valence electrons. The van der Waals surface area contributed by atoms with Crippen molar-refractivity contribution in [3.63, 3.8) is 0 Å². The Bertz CT molecular complexity index is 316. The zero-order chi connectivity index (χ0) is 15.1. The minimum Gasteiger partial charge on any atom is -0.457 e. The van der Waals surface area contributed by atoms with Gasteiger partial charge in [0.1, 0.15) is 0 Å². The van der Waals surface area contributed by atoms with Gasteiger partial charge in [-0.2, -0.15) is 0 Å². The van der Waals surface area contributed by atoms with Crippen LogP contribution in [0.5, 0.6) is 0 Å². The summed E-state index contributed by atoms with van der Waals surface area (Å²) in [5.41, 5.74) is 0. The molecule has 0 N–H and O–H groups in total. The molecule has 0 amide bonds. The van der Waals surface area contributed by atoms with Crippen LogP contribution < -0.4 is 0 Å². The molecule has 2 unspecified atom stereocenters. The van der Waals surface area contributed by atoms with Gasteiger partial charge in [-0.15, -0.1) is 6.58 Å². The molecule has 1 rings (SSSR count). The minimum atomic E-state index is -0.458. The lowest BCUT2D eigenvalue weighted by molar-refractivity contribution is -0.275. The molecule has 20 heavy (non-hydrogen) atoms. The highest BCUT2D eigenvalue weighted by atomic mass is 16.7. The summed E-state index contributed by atoms with van der Waals surface area (Å²) in [7, 11) is 0. The first-order valence-electron chi connectivity index (χ1n) is 7.56. The van der Waals surface area contributed by atoms with E-state index in [2.05, 4.69) is 27.4 Å². The number of rotatable bonds is 7. The van der Waals surface area contributed by atoms with Gasteiger partial charge in [0.25, 0.3) is 0 Å². The van der Waals surface area contributed by atoms with Crippen molar-refractivity contribution in [2.24, 2.45) is 11.8 Å². The van der Waals surface area contributed by atoms with Gasteiger partial charge >= 0.3 is 5.97 Å². The number of allylic oxidation sites excluding steroid dienone is 1. The van der Waals surface area contributed by atoms with E-state index < -0.39 is 6.29 Å². The quantitative estimate of drug-likeness (QED) is 0.409. The molecule has 0 bridgehead atoms. The maximum atomic E-state index is 11.3. The minimum absolute atomic E-state index is 0.154. The first-order valence-corrected chi connectivity index (χ1v) is 7.56. The first kappa shape index (κ1) is 17.2. The predicted molar refractivity (Wildman–Crippen MR) is 78.2 cm³/mol. The standard InChI is InChI=1S/C16H28O4/c1-6-8-9-10-18-16-15(19-13(5)17)12(4)11(3)14(7-2)20-16/h6,11-12,14-16H,1,7-10H2,2-5H3/t11-,12-,14?,15?,16-/m0/s1. The monoisotopic (exact) mass is 284 g/mol. The van der Waals surface area contributed by atoms with Crippen LogP contribution in [-0.2, 0) is 19.0 Å². The molecule has 1 heterocycles. The normalized spacial score (nSPS) is 33.7. The second kappa shape index (κ2) is 8.42. The molecule has 0 aliphatic carbocycles. The summed E-state index contributed by atoms with van der Waals surface area (Å²) in [6.07, 6.45) is 3.99. The molecule has 1 fully saturated rings. The maximum absolute atomic E-state index is 11.3. The third kappa shape index (κ3) is 4.60. The van der Waals surface area contributed by atoms with Crippen LogP contribution in [-0.4, -0.2) is 31.1 Å². The predicted octanol–water partition coefficient (Wildman–Crippen LogP) is 3.31. The van der Waals surface area contributed by atoms with Gasteiger partial charge < -0.3 is 14.2 Å². The molecule has 0 spiro atoms. The van der Waals surface area contributed by atoms with E-state index in [9.17, 15) is 4.79 Å². The lowest BCUT2D eigenvalue weighted by Gasteiger charge is -2.43. The average molecular weight is 284 g/mol. The fourth-order valence-corrected chi connectivity index (χ4v) is 2.64. The van der Waals surface area contributed by atoms with Crippen LogP contribution in [0.15, 0.2) is 12.7 Å². The van der Waals surface area contributed by atoms with Gasteiger partial charge in [-0.25, -0.2) is 0 Å². The third-order valence-corrected chi connectivity index (χ3v) is 4.05. The molecule has 1 aliphatic heterocycles. The van der Waals surface area contributed by atoms with Crippen LogP contribution in [0, 0.1) is 11.8 Å². The van der Waals surface area contributed by atoms with Crippen LogP contribution >= 0.6 is 0 Å². The number of ether oxygens (including phenoxy) is 3. The molecule has 0 aromatic carbocycles. The molecular weight excluding hydrogens is 256 g/mol. The Labute approximate surface area is 122 Å². The molecule has 0 radical (unpaired) electrons. The van der Waals surface area contributed by atoms with Crippen molar-refractivity contribution in [3.05, 3.63) is 12.7 Å². The summed E-state index contributed by atoms with van der Waals surface area (Å²) < 4.78 is 17.2. The molecule has 4 heteroatoms. The summed E-state index contributed by atoms with van der Waals surface area (Å²) in [6, 6.07) is 0. The van der Waals surface area contributed by atoms with E-state index in [0.717, 1.165) is 19.3 Å². The van der Waals surface area contributed by atoms with Crippen LogP contribution in [0.4, 0.5) is 0 Å². The SMILES string of the molecule is C=CCCCO[C@H]1OC(CC)[C@@H](C)[C@H](C)C1OC(C)=O. The van der Waals surface area contributed by atoms with Crippen molar-refractivity contribution >= 4 is 5.97 Å². The summed E-state index contributed by atoms with van der Waals surface area (Å²) in [5.74, 6) is 0.284. The van der Waals surface area contributed by atoms with Gasteiger partial charge in [-0.1, -0.05) is 26.8 Å². The number of carbonyl (C=O) groups is 1. The number of hydrogen-bond donors (Lipinski definition) is 0. The highest BCUT2D eigenvalue weighted by Crippen LogP contribution is 2.34.